The number of amides is 1. The van der Waals surface area contributed by atoms with Crippen molar-refractivity contribution in [2.75, 3.05) is 14.1 Å². The molecule has 5 heteroatoms. The van der Waals surface area contributed by atoms with E-state index in [0.29, 0.717) is 11.1 Å². The summed E-state index contributed by atoms with van der Waals surface area (Å²) in [5.41, 5.74) is 2.79. The van der Waals surface area contributed by atoms with Gasteiger partial charge in [-0.25, -0.2) is 9.37 Å². The van der Waals surface area contributed by atoms with E-state index in [9.17, 15) is 9.18 Å². The Morgan fingerprint density at radius 1 is 1.18 bits per heavy atom. The number of fused-ring (bicyclic) bond motifs is 1. The van der Waals surface area contributed by atoms with Crippen molar-refractivity contribution in [3.05, 3.63) is 59.7 Å². The highest BCUT2D eigenvalue weighted by atomic mass is 19.1. The number of halogens is 1. The SMILES string of the molecule is Cc1nc2ccc(F)cc2n1-c1cccc(C(=O)N(C)C)c1. The minimum atomic E-state index is -0.311. The van der Waals surface area contributed by atoms with Crippen LogP contribution in [0.25, 0.3) is 16.7 Å². The lowest BCUT2D eigenvalue weighted by Crippen LogP contribution is -2.21. The van der Waals surface area contributed by atoms with Crippen LogP contribution in [0.5, 0.6) is 0 Å². The molecule has 0 spiro atoms. The van der Waals surface area contributed by atoms with Crippen LogP contribution in [-0.4, -0.2) is 34.5 Å². The first-order valence-electron chi connectivity index (χ1n) is 6.94. The molecule has 1 amide bonds. The van der Waals surface area contributed by atoms with Gasteiger partial charge in [0, 0.05) is 31.4 Å². The molecule has 0 saturated carbocycles. The third-order valence-corrected chi connectivity index (χ3v) is 3.54. The normalized spacial score (nSPS) is 10.9. The van der Waals surface area contributed by atoms with Crippen molar-refractivity contribution in [1.82, 2.24) is 14.5 Å². The van der Waals surface area contributed by atoms with Crippen LogP contribution in [0.3, 0.4) is 0 Å². The molecule has 0 aliphatic carbocycles. The van der Waals surface area contributed by atoms with E-state index in [2.05, 4.69) is 4.98 Å². The highest BCUT2D eigenvalue weighted by Gasteiger charge is 2.13. The molecule has 0 N–H and O–H groups in total. The molecule has 0 radical (unpaired) electrons. The molecule has 4 nitrogen and oxygen atoms in total. The molecule has 1 aromatic heterocycles. The summed E-state index contributed by atoms with van der Waals surface area (Å²) in [6, 6.07) is 11.8. The van der Waals surface area contributed by atoms with Crippen molar-refractivity contribution in [3.63, 3.8) is 0 Å². The predicted octanol–water partition coefficient (Wildman–Crippen LogP) is 3.17. The quantitative estimate of drug-likeness (QED) is 0.728. The Morgan fingerprint density at radius 3 is 2.68 bits per heavy atom. The van der Waals surface area contributed by atoms with Crippen molar-refractivity contribution < 1.29 is 9.18 Å². The second-order valence-corrected chi connectivity index (χ2v) is 5.38. The first-order valence-corrected chi connectivity index (χ1v) is 6.94. The average Bonchev–Trinajstić information content (AvgIpc) is 2.81. The summed E-state index contributed by atoms with van der Waals surface area (Å²) in [5.74, 6) is 0.360. The molecule has 0 unspecified atom stereocenters. The summed E-state index contributed by atoms with van der Waals surface area (Å²) in [6.45, 7) is 1.86. The molecule has 0 atom stereocenters. The van der Waals surface area contributed by atoms with E-state index >= 15 is 0 Å². The van der Waals surface area contributed by atoms with E-state index in [1.54, 1.807) is 32.3 Å². The van der Waals surface area contributed by atoms with Crippen LogP contribution < -0.4 is 0 Å². The van der Waals surface area contributed by atoms with Crippen LogP contribution in [0.15, 0.2) is 42.5 Å². The maximum atomic E-state index is 13.6. The molecule has 2 aromatic carbocycles. The van der Waals surface area contributed by atoms with Crippen LogP contribution in [0, 0.1) is 12.7 Å². The molecule has 112 valence electrons. The minimum absolute atomic E-state index is 0.0740. The van der Waals surface area contributed by atoms with Gasteiger partial charge in [0.2, 0.25) is 0 Å². The van der Waals surface area contributed by atoms with Gasteiger partial charge in [-0.15, -0.1) is 0 Å². The Morgan fingerprint density at radius 2 is 1.95 bits per heavy atom. The maximum Gasteiger partial charge on any atom is 0.253 e. The van der Waals surface area contributed by atoms with Crippen LogP contribution in [0.1, 0.15) is 16.2 Å². The van der Waals surface area contributed by atoms with E-state index in [-0.39, 0.29) is 11.7 Å². The third-order valence-electron chi connectivity index (χ3n) is 3.54. The zero-order valence-corrected chi connectivity index (χ0v) is 12.7. The van der Waals surface area contributed by atoms with Crippen molar-refractivity contribution in [3.8, 4) is 5.69 Å². The fourth-order valence-corrected chi connectivity index (χ4v) is 2.53. The second kappa shape index (κ2) is 5.26. The summed E-state index contributed by atoms with van der Waals surface area (Å²) in [7, 11) is 3.42. The zero-order valence-electron chi connectivity index (χ0n) is 12.7. The Hall–Kier alpha value is -2.69. The van der Waals surface area contributed by atoms with Crippen LogP contribution >= 0.6 is 0 Å². The smallest absolute Gasteiger partial charge is 0.253 e. The lowest BCUT2D eigenvalue weighted by molar-refractivity contribution is 0.0827. The molecule has 0 aliphatic rings. The molecule has 0 fully saturated rings. The first-order chi connectivity index (χ1) is 10.5. The monoisotopic (exact) mass is 297 g/mol. The highest BCUT2D eigenvalue weighted by molar-refractivity contribution is 5.94. The number of hydrogen-bond acceptors (Lipinski definition) is 2. The van der Waals surface area contributed by atoms with Gasteiger partial charge >= 0.3 is 0 Å². The Bertz CT molecular complexity index is 867. The Kier molecular flexibility index (Phi) is 3.41. The van der Waals surface area contributed by atoms with Crippen molar-refractivity contribution in [2.45, 2.75) is 6.92 Å². The number of carbonyl (C=O) groups is 1. The fourth-order valence-electron chi connectivity index (χ4n) is 2.53. The minimum Gasteiger partial charge on any atom is -0.345 e. The lowest BCUT2D eigenvalue weighted by Gasteiger charge is -2.12. The van der Waals surface area contributed by atoms with Crippen molar-refractivity contribution >= 4 is 16.9 Å². The van der Waals surface area contributed by atoms with Gasteiger partial charge < -0.3 is 4.90 Å². The van der Waals surface area contributed by atoms with E-state index in [1.165, 1.54) is 17.0 Å². The van der Waals surface area contributed by atoms with Gasteiger partial charge in [0.15, 0.2) is 0 Å². The standard InChI is InChI=1S/C17H16FN3O/c1-11-19-15-8-7-13(18)10-16(15)21(11)14-6-4-5-12(9-14)17(22)20(2)3/h4-10H,1-3H3. The van der Waals surface area contributed by atoms with Crippen LogP contribution in [0.4, 0.5) is 4.39 Å². The number of imidazole rings is 1. The zero-order chi connectivity index (χ0) is 15.9. The van der Waals surface area contributed by atoms with Crippen molar-refractivity contribution in [1.29, 1.82) is 0 Å². The van der Waals surface area contributed by atoms with E-state index < -0.39 is 0 Å². The number of nitrogens with zero attached hydrogens (tertiary/aromatic N) is 3. The van der Waals surface area contributed by atoms with Gasteiger partial charge in [-0.1, -0.05) is 6.07 Å². The van der Waals surface area contributed by atoms with Crippen molar-refractivity contribution in [2.24, 2.45) is 0 Å². The average molecular weight is 297 g/mol. The molecule has 3 aromatic rings. The van der Waals surface area contributed by atoms with Crippen LogP contribution in [-0.2, 0) is 0 Å². The van der Waals surface area contributed by atoms with Gasteiger partial charge in [-0.3, -0.25) is 9.36 Å². The molecule has 1 heterocycles. The topological polar surface area (TPSA) is 38.1 Å². The van der Waals surface area contributed by atoms with Gasteiger partial charge in [-0.05, 0) is 37.3 Å². The highest BCUT2D eigenvalue weighted by Crippen LogP contribution is 2.23. The molecule has 3 rings (SSSR count). The first kappa shape index (κ1) is 14.3. The van der Waals surface area contributed by atoms with Gasteiger partial charge in [0.25, 0.3) is 5.91 Å². The van der Waals surface area contributed by atoms with Gasteiger partial charge in [0.05, 0.1) is 11.0 Å². The molecular weight excluding hydrogens is 281 g/mol. The Balaban J connectivity index is 2.19. The number of rotatable bonds is 2. The largest absolute Gasteiger partial charge is 0.345 e. The summed E-state index contributed by atoms with van der Waals surface area (Å²) in [6.07, 6.45) is 0. The third kappa shape index (κ3) is 2.35. The van der Waals surface area contributed by atoms with E-state index in [0.717, 1.165) is 17.0 Å². The number of benzene rings is 2. The second-order valence-electron chi connectivity index (χ2n) is 5.38. The number of aromatic nitrogens is 2. The van der Waals surface area contributed by atoms with Gasteiger partial charge in [0.1, 0.15) is 11.6 Å². The van der Waals surface area contributed by atoms with Gasteiger partial charge in [-0.2, -0.15) is 0 Å². The van der Waals surface area contributed by atoms with E-state index in [1.807, 2.05) is 23.6 Å². The maximum absolute atomic E-state index is 13.6. The predicted molar refractivity (Wildman–Crippen MR) is 83.8 cm³/mol. The van der Waals surface area contributed by atoms with Crippen LogP contribution in [0.2, 0.25) is 0 Å². The summed E-state index contributed by atoms with van der Waals surface area (Å²) < 4.78 is 15.4. The molecule has 0 aliphatic heterocycles. The molecule has 0 bridgehead atoms. The number of carbonyl (C=O) groups excluding carboxylic acids is 1. The number of hydrogen-bond donors (Lipinski definition) is 0. The number of aryl methyl sites for hydroxylation is 1. The molecule has 0 saturated heterocycles. The fraction of sp³-hybridized carbons (Fsp3) is 0.176. The Labute approximate surface area is 127 Å². The molecule has 22 heavy (non-hydrogen) atoms. The van der Waals surface area contributed by atoms with E-state index in [4.69, 9.17) is 0 Å². The summed E-state index contributed by atoms with van der Waals surface area (Å²) in [4.78, 5) is 18.1. The molecular formula is C17H16FN3O. The summed E-state index contributed by atoms with van der Waals surface area (Å²) in [5, 5.41) is 0. The lowest BCUT2D eigenvalue weighted by atomic mass is 10.1. The summed E-state index contributed by atoms with van der Waals surface area (Å²) >= 11 is 0.